The Labute approximate surface area is 163 Å². The number of para-hydroxylation sites is 1. The molecule has 0 spiro atoms. The largest absolute Gasteiger partial charge is 0.462 e. The molecule has 3 aromatic rings. The molecule has 0 radical (unpaired) electrons. The molecule has 0 aliphatic heterocycles. The number of nitro groups is 1. The zero-order valence-electron chi connectivity index (χ0n) is 15.1. The van der Waals surface area contributed by atoms with E-state index in [0.29, 0.717) is 0 Å². The zero-order chi connectivity index (χ0) is 21.2. The number of nitrogens with one attached hydrogen (secondary N) is 1. The first-order chi connectivity index (χ1) is 13.7. The van der Waals surface area contributed by atoms with Gasteiger partial charge in [0.15, 0.2) is 0 Å². The van der Waals surface area contributed by atoms with E-state index < -0.39 is 22.6 Å². The fourth-order valence-electron chi connectivity index (χ4n) is 2.90. The number of H-pyrrole nitrogens is 1. The second kappa shape index (κ2) is 7.78. The van der Waals surface area contributed by atoms with Crippen LogP contribution in [0.15, 0.2) is 54.6 Å². The van der Waals surface area contributed by atoms with Crippen LogP contribution in [-0.2, 0) is 10.9 Å². The number of aromatic nitrogens is 1. The van der Waals surface area contributed by atoms with Gasteiger partial charge in [0, 0.05) is 11.8 Å². The van der Waals surface area contributed by atoms with Gasteiger partial charge in [-0.3, -0.25) is 10.1 Å². The number of carbonyl (C=O) groups is 1. The quantitative estimate of drug-likeness (QED) is 0.348. The van der Waals surface area contributed by atoms with Gasteiger partial charge in [-0.15, -0.1) is 0 Å². The van der Waals surface area contributed by atoms with E-state index >= 15 is 0 Å². The Morgan fingerprint density at radius 1 is 1.14 bits per heavy atom. The topological polar surface area (TPSA) is 85.2 Å². The van der Waals surface area contributed by atoms with Crippen molar-refractivity contribution in [3.63, 3.8) is 0 Å². The zero-order valence-corrected chi connectivity index (χ0v) is 15.1. The number of hydrogen-bond acceptors (Lipinski definition) is 4. The number of nitrogens with zero attached hydrogens (tertiary/aromatic N) is 1. The van der Waals surface area contributed by atoms with Crippen molar-refractivity contribution in [3.8, 4) is 22.5 Å². The van der Waals surface area contributed by atoms with Crippen LogP contribution in [0.25, 0.3) is 22.5 Å². The Bertz CT molecular complexity index is 1070. The van der Waals surface area contributed by atoms with E-state index in [1.165, 1.54) is 36.4 Å². The third-order valence-electron chi connectivity index (χ3n) is 4.18. The lowest BCUT2D eigenvalue weighted by molar-refractivity contribution is -0.384. The van der Waals surface area contributed by atoms with Gasteiger partial charge in [0.1, 0.15) is 0 Å². The Hall–Kier alpha value is -3.62. The number of rotatable bonds is 5. The molecule has 9 heteroatoms. The van der Waals surface area contributed by atoms with Gasteiger partial charge in [-0.2, -0.15) is 13.2 Å². The lowest BCUT2D eigenvalue weighted by Gasteiger charge is -2.08. The highest BCUT2D eigenvalue weighted by Crippen LogP contribution is 2.36. The highest BCUT2D eigenvalue weighted by atomic mass is 19.4. The highest BCUT2D eigenvalue weighted by molar-refractivity contribution is 5.99. The smallest absolute Gasteiger partial charge is 0.416 e. The summed E-state index contributed by atoms with van der Waals surface area (Å²) in [6.07, 6.45) is -4.53. The van der Waals surface area contributed by atoms with Crippen LogP contribution >= 0.6 is 0 Å². The van der Waals surface area contributed by atoms with Crippen molar-refractivity contribution in [2.45, 2.75) is 13.1 Å². The van der Waals surface area contributed by atoms with Crippen LogP contribution in [0.5, 0.6) is 0 Å². The summed E-state index contributed by atoms with van der Waals surface area (Å²) in [7, 11) is 0. The molecule has 0 aliphatic rings. The second-order valence-electron chi connectivity index (χ2n) is 6.04. The molecule has 1 heterocycles. The number of carbonyl (C=O) groups excluding carboxylic acids is 1. The predicted octanol–water partition coefficient (Wildman–Crippen LogP) is 5.45. The van der Waals surface area contributed by atoms with Crippen molar-refractivity contribution in [2.75, 3.05) is 6.61 Å². The normalized spacial score (nSPS) is 11.3. The molecule has 1 aromatic heterocycles. The Morgan fingerprint density at radius 3 is 2.52 bits per heavy atom. The molecule has 0 fully saturated rings. The molecule has 0 saturated heterocycles. The summed E-state index contributed by atoms with van der Waals surface area (Å²) in [5.41, 5.74) is -0.511. The summed E-state index contributed by atoms with van der Waals surface area (Å²) in [6, 6.07) is 11.6. The van der Waals surface area contributed by atoms with Gasteiger partial charge >= 0.3 is 12.1 Å². The maximum absolute atomic E-state index is 13.0. The average molecular weight is 404 g/mol. The van der Waals surface area contributed by atoms with Gasteiger partial charge in [0.25, 0.3) is 5.69 Å². The Kier molecular flexibility index (Phi) is 5.40. The molecule has 150 valence electrons. The maximum atomic E-state index is 13.0. The van der Waals surface area contributed by atoms with Crippen LogP contribution in [0, 0.1) is 10.1 Å². The minimum absolute atomic E-state index is 0.00596. The number of aromatic amines is 1. The molecule has 0 atom stereocenters. The van der Waals surface area contributed by atoms with Crippen molar-refractivity contribution in [2.24, 2.45) is 0 Å². The van der Waals surface area contributed by atoms with E-state index in [4.69, 9.17) is 4.74 Å². The predicted molar refractivity (Wildman–Crippen MR) is 99.3 cm³/mol. The molecule has 0 unspecified atom stereocenters. The summed E-state index contributed by atoms with van der Waals surface area (Å²) >= 11 is 0. The summed E-state index contributed by atoms with van der Waals surface area (Å²) in [6.45, 7) is 1.67. The molecule has 0 aliphatic carbocycles. The third-order valence-corrected chi connectivity index (χ3v) is 4.18. The molecular weight excluding hydrogens is 389 g/mol. The number of halogens is 3. The van der Waals surface area contributed by atoms with Gasteiger partial charge in [-0.05, 0) is 36.8 Å². The fraction of sp³-hybridized carbons (Fsp3) is 0.150. The summed E-state index contributed by atoms with van der Waals surface area (Å²) in [5, 5.41) is 11.4. The van der Waals surface area contributed by atoms with Crippen molar-refractivity contribution < 1.29 is 27.6 Å². The van der Waals surface area contributed by atoms with Crippen LogP contribution in [0.4, 0.5) is 18.9 Å². The van der Waals surface area contributed by atoms with Gasteiger partial charge in [0.2, 0.25) is 0 Å². The maximum Gasteiger partial charge on any atom is 0.416 e. The second-order valence-corrected chi connectivity index (χ2v) is 6.04. The number of nitro benzene ring substituents is 1. The summed E-state index contributed by atoms with van der Waals surface area (Å²) in [4.78, 5) is 26.0. The van der Waals surface area contributed by atoms with Crippen molar-refractivity contribution in [3.05, 3.63) is 75.8 Å². The highest BCUT2D eigenvalue weighted by Gasteiger charge is 2.31. The molecule has 3 rings (SSSR count). The number of ether oxygens (including phenoxy) is 1. The van der Waals surface area contributed by atoms with E-state index in [1.54, 1.807) is 13.0 Å². The first kappa shape index (κ1) is 20.1. The number of esters is 1. The number of hydrogen-bond donors (Lipinski definition) is 1. The summed E-state index contributed by atoms with van der Waals surface area (Å²) < 4.78 is 44.1. The fourth-order valence-corrected chi connectivity index (χ4v) is 2.90. The van der Waals surface area contributed by atoms with Crippen LogP contribution < -0.4 is 0 Å². The average Bonchev–Trinajstić information content (AvgIpc) is 3.13. The Balaban J connectivity index is 2.20. The Morgan fingerprint density at radius 2 is 1.86 bits per heavy atom. The van der Waals surface area contributed by atoms with E-state index in [-0.39, 0.29) is 40.4 Å². The molecule has 29 heavy (non-hydrogen) atoms. The first-order valence-corrected chi connectivity index (χ1v) is 8.54. The van der Waals surface area contributed by atoms with Crippen LogP contribution in [0.2, 0.25) is 0 Å². The van der Waals surface area contributed by atoms with Gasteiger partial charge in [0.05, 0.1) is 33.9 Å². The first-order valence-electron chi connectivity index (χ1n) is 8.54. The molecular formula is C20H15F3N2O4. The van der Waals surface area contributed by atoms with Gasteiger partial charge in [-0.25, -0.2) is 4.79 Å². The van der Waals surface area contributed by atoms with Crippen molar-refractivity contribution >= 4 is 11.7 Å². The monoisotopic (exact) mass is 404 g/mol. The van der Waals surface area contributed by atoms with Gasteiger partial charge in [-0.1, -0.05) is 24.3 Å². The minimum atomic E-state index is -4.53. The number of benzene rings is 2. The van der Waals surface area contributed by atoms with Crippen LogP contribution in [0.3, 0.4) is 0 Å². The molecule has 1 N–H and O–H groups in total. The lowest BCUT2D eigenvalue weighted by atomic mass is 10.1. The summed E-state index contributed by atoms with van der Waals surface area (Å²) in [5.74, 6) is -0.741. The molecule has 0 amide bonds. The molecule has 0 bridgehead atoms. The standard InChI is InChI=1S/C20H15F3N2O4/c1-2-29-19(26)15-11-16(12-6-5-7-13(10-12)20(21,22)23)24-18(15)14-8-3-4-9-17(14)25(27)28/h3-11,24H,2H2,1H3. The van der Waals surface area contributed by atoms with E-state index in [1.807, 2.05) is 0 Å². The lowest BCUT2D eigenvalue weighted by Crippen LogP contribution is -2.05. The third kappa shape index (κ3) is 4.13. The van der Waals surface area contributed by atoms with E-state index in [9.17, 15) is 28.1 Å². The van der Waals surface area contributed by atoms with Crippen molar-refractivity contribution in [1.29, 1.82) is 0 Å². The van der Waals surface area contributed by atoms with Crippen LogP contribution in [0.1, 0.15) is 22.8 Å². The molecule has 6 nitrogen and oxygen atoms in total. The molecule has 0 saturated carbocycles. The molecule has 2 aromatic carbocycles. The van der Waals surface area contributed by atoms with Crippen molar-refractivity contribution in [1.82, 2.24) is 4.98 Å². The van der Waals surface area contributed by atoms with E-state index in [2.05, 4.69) is 4.98 Å². The minimum Gasteiger partial charge on any atom is -0.462 e. The van der Waals surface area contributed by atoms with Crippen LogP contribution in [-0.4, -0.2) is 22.5 Å². The number of alkyl halides is 3. The van der Waals surface area contributed by atoms with Gasteiger partial charge < -0.3 is 9.72 Å². The SMILES string of the molecule is CCOC(=O)c1cc(-c2cccc(C(F)(F)F)c2)[nH]c1-c1ccccc1[N+](=O)[O-]. The van der Waals surface area contributed by atoms with E-state index in [0.717, 1.165) is 12.1 Å².